The minimum atomic E-state index is -0.273. The summed E-state index contributed by atoms with van der Waals surface area (Å²) in [7, 11) is 1.40. The van der Waals surface area contributed by atoms with Gasteiger partial charge in [-0.1, -0.05) is 13.8 Å². The molecule has 1 aromatic heterocycles. The molecule has 0 saturated carbocycles. The predicted molar refractivity (Wildman–Crippen MR) is 56.2 cm³/mol. The normalized spacial score (nSPS) is 12.8. The molecular weight excluding hydrogens is 194 g/mol. The maximum absolute atomic E-state index is 11.4. The maximum atomic E-state index is 11.4. The van der Waals surface area contributed by atoms with Crippen LogP contribution in [0, 0.1) is 5.92 Å². The first kappa shape index (κ1) is 11.8. The molecule has 4 nitrogen and oxygen atoms in total. The third kappa shape index (κ3) is 3.40. The van der Waals surface area contributed by atoms with Gasteiger partial charge in [0.15, 0.2) is 0 Å². The van der Waals surface area contributed by atoms with Gasteiger partial charge in [-0.3, -0.25) is 10.1 Å². The monoisotopic (exact) mass is 211 g/mol. The Balaban J connectivity index is 2.49. The molecule has 1 unspecified atom stereocenters. The van der Waals surface area contributed by atoms with Gasteiger partial charge in [0.2, 0.25) is 0 Å². The molecule has 4 heteroatoms. The van der Waals surface area contributed by atoms with E-state index in [1.807, 2.05) is 19.9 Å². The van der Waals surface area contributed by atoms with Crippen LogP contribution in [0.1, 0.15) is 19.4 Å². The summed E-state index contributed by atoms with van der Waals surface area (Å²) < 4.78 is 9.66. The molecule has 0 bridgehead atoms. The quantitative estimate of drug-likeness (QED) is 0.751. The summed E-state index contributed by atoms with van der Waals surface area (Å²) in [5.41, 5.74) is 1.02. The second-order valence-corrected chi connectivity index (χ2v) is 3.76. The second kappa shape index (κ2) is 5.56. The number of methoxy groups -OCH3 is 1. The van der Waals surface area contributed by atoms with Crippen molar-refractivity contribution in [1.82, 2.24) is 5.32 Å². The van der Waals surface area contributed by atoms with Crippen molar-refractivity contribution < 1.29 is 13.9 Å². The zero-order valence-electron chi connectivity index (χ0n) is 9.32. The molecule has 0 aliphatic carbocycles. The molecule has 0 fully saturated rings. The number of hydrogen-bond donors (Lipinski definition) is 1. The number of carbonyl (C=O) groups is 1. The van der Waals surface area contributed by atoms with Gasteiger partial charge in [-0.15, -0.1) is 0 Å². The fourth-order valence-electron chi connectivity index (χ4n) is 1.34. The molecule has 1 atom stereocenters. The zero-order chi connectivity index (χ0) is 11.3. The average molecular weight is 211 g/mol. The molecule has 0 aromatic carbocycles. The van der Waals surface area contributed by atoms with Crippen molar-refractivity contribution >= 4 is 5.97 Å². The molecule has 15 heavy (non-hydrogen) atoms. The van der Waals surface area contributed by atoms with Crippen molar-refractivity contribution in [2.24, 2.45) is 5.92 Å². The largest absolute Gasteiger partial charge is 0.472 e. The Morgan fingerprint density at radius 3 is 2.80 bits per heavy atom. The van der Waals surface area contributed by atoms with Crippen molar-refractivity contribution in [2.45, 2.75) is 26.4 Å². The number of hydrogen-bond acceptors (Lipinski definition) is 4. The third-order valence-corrected chi connectivity index (χ3v) is 2.23. The Kier molecular flexibility index (Phi) is 4.37. The number of carbonyl (C=O) groups excluding carboxylic acids is 1. The van der Waals surface area contributed by atoms with E-state index in [1.165, 1.54) is 7.11 Å². The summed E-state index contributed by atoms with van der Waals surface area (Å²) in [6.45, 7) is 4.56. The van der Waals surface area contributed by atoms with E-state index in [9.17, 15) is 4.79 Å². The molecule has 84 valence electrons. The number of esters is 1. The lowest BCUT2D eigenvalue weighted by Gasteiger charge is -2.19. The maximum Gasteiger partial charge on any atom is 0.323 e. The number of ether oxygens (including phenoxy) is 1. The van der Waals surface area contributed by atoms with E-state index in [0.717, 1.165) is 5.56 Å². The van der Waals surface area contributed by atoms with Crippen LogP contribution >= 0.6 is 0 Å². The van der Waals surface area contributed by atoms with Gasteiger partial charge in [-0.05, 0) is 12.0 Å². The molecule has 0 amide bonds. The number of rotatable bonds is 5. The Bertz CT molecular complexity index is 293. The van der Waals surface area contributed by atoms with Crippen LogP contribution in [0.3, 0.4) is 0 Å². The molecule has 0 radical (unpaired) electrons. The van der Waals surface area contributed by atoms with E-state index in [0.29, 0.717) is 6.54 Å². The molecule has 1 aromatic rings. The van der Waals surface area contributed by atoms with Crippen molar-refractivity contribution in [1.29, 1.82) is 0 Å². The zero-order valence-corrected chi connectivity index (χ0v) is 9.32. The van der Waals surface area contributed by atoms with E-state index in [4.69, 9.17) is 9.15 Å². The van der Waals surface area contributed by atoms with Crippen molar-refractivity contribution in [3.8, 4) is 0 Å². The minimum absolute atomic E-state index is 0.198. The highest BCUT2D eigenvalue weighted by molar-refractivity contribution is 5.75. The highest BCUT2D eigenvalue weighted by Crippen LogP contribution is 2.06. The first-order valence-corrected chi connectivity index (χ1v) is 4.97. The SMILES string of the molecule is COC(=O)C(NCc1ccoc1)C(C)C. The topological polar surface area (TPSA) is 51.5 Å². The summed E-state index contributed by atoms with van der Waals surface area (Å²) in [6, 6.07) is 1.59. The van der Waals surface area contributed by atoms with E-state index in [1.54, 1.807) is 12.5 Å². The Labute approximate surface area is 89.6 Å². The van der Waals surface area contributed by atoms with Gasteiger partial charge >= 0.3 is 5.97 Å². The number of nitrogens with one attached hydrogen (secondary N) is 1. The molecule has 1 N–H and O–H groups in total. The predicted octanol–water partition coefficient (Wildman–Crippen LogP) is 1.57. The van der Waals surface area contributed by atoms with Crippen LogP contribution < -0.4 is 5.32 Å². The van der Waals surface area contributed by atoms with E-state index >= 15 is 0 Å². The fourth-order valence-corrected chi connectivity index (χ4v) is 1.34. The lowest BCUT2D eigenvalue weighted by Crippen LogP contribution is -2.41. The minimum Gasteiger partial charge on any atom is -0.472 e. The summed E-state index contributed by atoms with van der Waals surface area (Å²) in [6.07, 6.45) is 3.27. The highest BCUT2D eigenvalue weighted by atomic mass is 16.5. The molecule has 1 rings (SSSR count). The molecule has 0 saturated heterocycles. The van der Waals surface area contributed by atoms with Crippen LogP contribution in [-0.2, 0) is 16.1 Å². The highest BCUT2D eigenvalue weighted by Gasteiger charge is 2.21. The first-order chi connectivity index (χ1) is 7.15. The standard InChI is InChI=1S/C11H17NO3/c1-8(2)10(11(13)14-3)12-6-9-4-5-15-7-9/h4-5,7-8,10,12H,6H2,1-3H3. The van der Waals surface area contributed by atoms with Crippen LogP contribution in [0.4, 0.5) is 0 Å². The molecule has 0 spiro atoms. The molecule has 0 aliphatic rings. The van der Waals surface area contributed by atoms with E-state index in [-0.39, 0.29) is 17.9 Å². The van der Waals surface area contributed by atoms with Crippen molar-refractivity contribution in [3.05, 3.63) is 24.2 Å². The van der Waals surface area contributed by atoms with Gasteiger partial charge in [0.1, 0.15) is 6.04 Å². The van der Waals surface area contributed by atoms with Crippen LogP contribution in [0.25, 0.3) is 0 Å². The van der Waals surface area contributed by atoms with Crippen LogP contribution in [0.2, 0.25) is 0 Å². The van der Waals surface area contributed by atoms with Crippen molar-refractivity contribution in [2.75, 3.05) is 7.11 Å². The van der Waals surface area contributed by atoms with Gasteiger partial charge in [-0.25, -0.2) is 0 Å². The van der Waals surface area contributed by atoms with Gasteiger partial charge in [-0.2, -0.15) is 0 Å². The van der Waals surface area contributed by atoms with Crippen LogP contribution in [-0.4, -0.2) is 19.1 Å². The summed E-state index contributed by atoms with van der Waals surface area (Å²) >= 11 is 0. The third-order valence-electron chi connectivity index (χ3n) is 2.23. The van der Waals surface area contributed by atoms with Crippen LogP contribution in [0.15, 0.2) is 23.0 Å². The second-order valence-electron chi connectivity index (χ2n) is 3.76. The number of furan rings is 1. The fraction of sp³-hybridized carbons (Fsp3) is 0.545. The average Bonchev–Trinajstić information content (AvgIpc) is 2.70. The lowest BCUT2D eigenvalue weighted by molar-refractivity contribution is -0.144. The van der Waals surface area contributed by atoms with Crippen LogP contribution in [0.5, 0.6) is 0 Å². The van der Waals surface area contributed by atoms with E-state index < -0.39 is 0 Å². The lowest BCUT2D eigenvalue weighted by atomic mass is 10.0. The van der Waals surface area contributed by atoms with Gasteiger partial charge in [0, 0.05) is 12.1 Å². The van der Waals surface area contributed by atoms with Gasteiger partial charge in [0.25, 0.3) is 0 Å². The smallest absolute Gasteiger partial charge is 0.323 e. The Hall–Kier alpha value is -1.29. The first-order valence-electron chi connectivity index (χ1n) is 4.97. The molecule has 0 aliphatic heterocycles. The van der Waals surface area contributed by atoms with Gasteiger partial charge < -0.3 is 9.15 Å². The molecular formula is C11H17NO3. The summed E-state index contributed by atoms with van der Waals surface area (Å²) in [4.78, 5) is 11.4. The Morgan fingerprint density at radius 2 is 2.33 bits per heavy atom. The summed E-state index contributed by atoms with van der Waals surface area (Å²) in [5, 5.41) is 3.14. The van der Waals surface area contributed by atoms with E-state index in [2.05, 4.69) is 5.32 Å². The van der Waals surface area contributed by atoms with Crippen molar-refractivity contribution in [3.63, 3.8) is 0 Å². The Morgan fingerprint density at radius 1 is 1.60 bits per heavy atom. The molecule has 1 heterocycles. The van der Waals surface area contributed by atoms with Gasteiger partial charge in [0.05, 0.1) is 19.6 Å². The summed E-state index contributed by atoms with van der Waals surface area (Å²) in [5.74, 6) is -0.0298.